The Labute approximate surface area is 124 Å². The molecule has 3 aromatic rings. The highest BCUT2D eigenvalue weighted by atomic mass is 32.2. The Morgan fingerprint density at radius 3 is 2.67 bits per heavy atom. The number of benzene rings is 1. The fourth-order valence-electron chi connectivity index (χ4n) is 1.71. The minimum absolute atomic E-state index is 0.210. The van der Waals surface area contributed by atoms with Crippen LogP contribution in [0.25, 0.3) is 11.4 Å². The Kier molecular flexibility index (Phi) is 3.65. The number of aromatic amines is 1. The molecule has 0 atom stereocenters. The van der Waals surface area contributed by atoms with Crippen molar-refractivity contribution in [2.24, 2.45) is 0 Å². The molecule has 0 saturated heterocycles. The van der Waals surface area contributed by atoms with Crippen LogP contribution in [0.15, 0.2) is 63.6 Å². The summed E-state index contributed by atoms with van der Waals surface area (Å²) in [6.07, 6.45) is 1.45. The molecule has 21 heavy (non-hydrogen) atoms. The first-order valence-corrected chi connectivity index (χ1v) is 6.95. The van der Waals surface area contributed by atoms with Crippen molar-refractivity contribution >= 4 is 17.6 Å². The molecule has 0 bridgehead atoms. The maximum Gasteiger partial charge on any atom is 0.251 e. The van der Waals surface area contributed by atoms with Crippen LogP contribution >= 0.6 is 11.8 Å². The van der Waals surface area contributed by atoms with E-state index in [0.29, 0.717) is 21.8 Å². The van der Waals surface area contributed by atoms with E-state index < -0.39 is 0 Å². The Bertz CT molecular complexity index is 819. The number of nitrogens with two attached hydrogens (primary N) is 1. The molecular weight excluding hydrogens is 286 g/mol. The number of H-pyrrole nitrogens is 1. The zero-order valence-corrected chi connectivity index (χ0v) is 11.7. The third-order valence-electron chi connectivity index (χ3n) is 2.60. The van der Waals surface area contributed by atoms with E-state index in [9.17, 15) is 4.79 Å². The van der Waals surface area contributed by atoms with Gasteiger partial charge in [0.15, 0.2) is 11.0 Å². The normalized spacial score (nSPS) is 10.5. The fraction of sp³-hybridized carbons (Fsp3) is 0. The number of hydrogen-bond acceptors (Lipinski definition) is 6. The molecule has 0 radical (unpaired) electrons. The van der Waals surface area contributed by atoms with E-state index in [2.05, 4.69) is 19.9 Å². The Morgan fingerprint density at radius 1 is 1.10 bits per heavy atom. The largest absolute Gasteiger partial charge is 0.384 e. The van der Waals surface area contributed by atoms with E-state index in [1.54, 1.807) is 6.07 Å². The van der Waals surface area contributed by atoms with Crippen LogP contribution in [0.3, 0.4) is 0 Å². The Balaban J connectivity index is 1.97. The molecule has 0 aliphatic carbocycles. The quantitative estimate of drug-likeness (QED) is 0.566. The van der Waals surface area contributed by atoms with Crippen molar-refractivity contribution in [1.82, 2.24) is 19.9 Å². The summed E-state index contributed by atoms with van der Waals surface area (Å²) in [6.45, 7) is 0. The van der Waals surface area contributed by atoms with Crippen LogP contribution in [0, 0.1) is 0 Å². The predicted octanol–water partition coefficient (Wildman–Crippen LogP) is 1.96. The highest BCUT2D eigenvalue weighted by Gasteiger charge is 2.07. The molecule has 0 aliphatic rings. The maximum atomic E-state index is 11.3. The van der Waals surface area contributed by atoms with Crippen molar-refractivity contribution in [3.8, 4) is 11.4 Å². The summed E-state index contributed by atoms with van der Waals surface area (Å²) in [7, 11) is 0. The molecule has 0 amide bonds. The standard InChI is InChI=1S/C14H11N5OS/c15-10-8-12(21-14-16-7-6-11(20)18-14)19-13(17-10)9-4-2-1-3-5-9/h1-8H,(H2,15,17,19)(H,16,18,20). The summed E-state index contributed by atoms with van der Waals surface area (Å²) >= 11 is 1.23. The second-order valence-electron chi connectivity index (χ2n) is 4.16. The molecule has 3 rings (SSSR count). The molecule has 2 heterocycles. The number of aromatic nitrogens is 4. The molecule has 0 fully saturated rings. The molecular formula is C14H11N5OS. The Hall–Kier alpha value is -2.67. The van der Waals surface area contributed by atoms with E-state index >= 15 is 0 Å². The van der Waals surface area contributed by atoms with Gasteiger partial charge in [0, 0.05) is 23.9 Å². The third kappa shape index (κ3) is 3.26. The molecule has 104 valence electrons. The van der Waals surface area contributed by atoms with Crippen LogP contribution in [-0.4, -0.2) is 19.9 Å². The number of nitrogens with zero attached hydrogens (tertiary/aromatic N) is 3. The van der Waals surface area contributed by atoms with Gasteiger partial charge in [-0.1, -0.05) is 30.3 Å². The van der Waals surface area contributed by atoms with Gasteiger partial charge >= 0.3 is 0 Å². The smallest absolute Gasteiger partial charge is 0.251 e. The highest BCUT2D eigenvalue weighted by Crippen LogP contribution is 2.25. The molecule has 0 spiro atoms. The van der Waals surface area contributed by atoms with E-state index in [-0.39, 0.29) is 5.56 Å². The average Bonchev–Trinajstić information content (AvgIpc) is 2.47. The van der Waals surface area contributed by atoms with E-state index in [0.717, 1.165) is 5.56 Å². The monoisotopic (exact) mass is 297 g/mol. The van der Waals surface area contributed by atoms with Gasteiger partial charge in [0.05, 0.1) is 0 Å². The molecule has 0 aliphatic heterocycles. The molecule has 0 unspecified atom stereocenters. The molecule has 2 aromatic heterocycles. The zero-order chi connectivity index (χ0) is 14.7. The fourth-order valence-corrected chi connectivity index (χ4v) is 2.49. The minimum Gasteiger partial charge on any atom is -0.384 e. The lowest BCUT2D eigenvalue weighted by molar-refractivity contribution is 0.930. The SMILES string of the molecule is Nc1cc(Sc2nccc(=O)[nH]2)nc(-c2ccccc2)n1. The van der Waals surface area contributed by atoms with Crippen molar-refractivity contribution in [1.29, 1.82) is 0 Å². The number of nitrogen functional groups attached to an aromatic ring is 1. The lowest BCUT2D eigenvalue weighted by Gasteiger charge is -2.05. The van der Waals surface area contributed by atoms with Gasteiger partial charge < -0.3 is 10.7 Å². The summed E-state index contributed by atoms with van der Waals surface area (Å²) in [4.78, 5) is 26.6. The highest BCUT2D eigenvalue weighted by molar-refractivity contribution is 7.99. The van der Waals surface area contributed by atoms with Gasteiger partial charge in [-0.05, 0) is 11.8 Å². The molecule has 1 aromatic carbocycles. The van der Waals surface area contributed by atoms with Crippen LogP contribution < -0.4 is 11.3 Å². The average molecular weight is 297 g/mol. The van der Waals surface area contributed by atoms with Crippen LogP contribution in [0.5, 0.6) is 0 Å². The van der Waals surface area contributed by atoms with Crippen molar-refractivity contribution in [2.45, 2.75) is 10.2 Å². The van der Waals surface area contributed by atoms with Crippen LogP contribution in [0.4, 0.5) is 5.82 Å². The number of hydrogen-bond donors (Lipinski definition) is 2. The molecule has 7 heteroatoms. The van der Waals surface area contributed by atoms with Crippen LogP contribution in [-0.2, 0) is 0 Å². The lowest BCUT2D eigenvalue weighted by Crippen LogP contribution is -2.05. The van der Waals surface area contributed by atoms with Gasteiger partial charge in [0.1, 0.15) is 10.8 Å². The van der Waals surface area contributed by atoms with Gasteiger partial charge in [-0.15, -0.1) is 0 Å². The predicted molar refractivity (Wildman–Crippen MR) is 80.9 cm³/mol. The number of nitrogens with one attached hydrogen (secondary N) is 1. The summed E-state index contributed by atoms with van der Waals surface area (Å²) in [5.41, 5.74) is 6.49. The van der Waals surface area contributed by atoms with Crippen molar-refractivity contribution in [3.05, 3.63) is 59.0 Å². The first-order chi connectivity index (χ1) is 10.2. The van der Waals surface area contributed by atoms with E-state index in [4.69, 9.17) is 5.73 Å². The van der Waals surface area contributed by atoms with E-state index in [1.165, 1.54) is 24.0 Å². The van der Waals surface area contributed by atoms with Gasteiger partial charge in [-0.25, -0.2) is 15.0 Å². The van der Waals surface area contributed by atoms with Crippen molar-refractivity contribution < 1.29 is 0 Å². The molecule has 0 saturated carbocycles. The zero-order valence-electron chi connectivity index (χ0n) is 10.9. The lowest BCUT2D eigenvalue weighted by atomic mass is 10.2. The second kappa shape index (κ2) is 5.76. The minimum atomic E-state index is -0.210. The number of anilines is 1. The van der Waals surface area contributed by atoms with Gasteiger partial charge in [0.2, 0.25) is 0 Å². The first kappa shape index (κ1) is 13.3. The second-order valence-corrected chi connectivity index (χ2v) is 5.17. The van der Waals surface area contributed by atoms with Crippen molar-refractivity contribution in [2.75, 3.05) is 5.73 Å². The third-order valence-corrected chi connectivity index (χ3v) is 3.42. The van der Waals surface area contributed by atoms with Gasteiger partial charge in [-0.3, -0.25) is 4.79 Å². The number of rotatable bonds is 3. The van der Waals surface area contributed by atoms with Gasteiger partial charge in [0.25, 0.3) is 5.56 Å². The van der Waals surface area contributed by atoms with Crippen LogP contribution in [0.1, 0.15) is 0 Å². The summed E-state index contributed by atoms with van der Waals surface area (Å²) < 4.78 is 0. The summed E-state index contributed by atoms with van der Waals surface area (Å²) in [6, 6.07) is 12.6. The summed E-state index contributed by atoms with van der Waals surface area (Å²) in [5, 5.41) is 1.08. The van der Waals surface area contributed by atoms with Gasteiger partial charge in [-0.2, -0.15) is 0 Å². The Morgan fingerprint density at radius 2 is 1.90 bits per heavy atom. The molecule has 6 nitrogen and oxygen atoms in total. The van der Waals surface area contributed by atoms with Crippen molar-refractivity contribution in [3.63, 3.8) is 0 Å². The maximum absolute atomic E-state index is 11.3. The molecule has 3 N–H and O–H groups in total. The van der Waals surface area contributed by atoms with Crippen LogP contribution in [0.2, 0.25) is 0 Å². The first-order valence-electron chi connectivity index (χ1n) is 6.14. The van der Waals surface area contributed by atoms with E-state index in [1.807, 2.05) is 30.3 Å². The summed E-state index contributed by atoms with van der Waals surface area (Å²) in [5.74, 6) is 0.904. The topological polar surface area (TPSA) is 97.5 Å².